The first-order chi connectivity index (χ1) is 20.1. The highest BCUT2D eigenvalue weighted by Gasteiger charge is 2.27. The van der Waals surface area contributed by atoms with Crippen LogP contribution in [0.15, 0.2) is 82.2 Å². The fourth-order valence-electron chi connectivity index (χ4n) is 5.29. The van der Waals surface area contributed by atoms with Gasteiger partial charge in [-0.15, -0.1) is 0 Å². The number of imidazole rings is 1. The number of H-pyrrole nitrogens is 1. The number of benzene rings is 4. The van der Waals surface area contributed by atoms with Crippen molar-refractivity contribution in [3.63, 3.8) is 0 Å². The van der Waals surface area contributed by atoms with E-state index in [9.17, 15) is 13.2 Å². The summed E-state index contributed by atoms with van der Waals surface area (Å²) in [4.78, 5) is 22.9. The minimum absolute atomic E-state index is 0.0965. The maximum atomic E-state index is 15.1. The van der Waals surface area contributed by atoms with E-state index in [1.165, 1.54) is 12.1 Å². The predicted octanol–water partition coefficient (Wildman–Crippen LogP) is 6.80. The standard InChI is InChI=1S/C32H27BrFN3O4S/c1-3-24-25(10-13-29(30(24)34)42(2,39)40)32(38)37-14-15-41-28-12-8-21(16-22(28)18-37)19-4-6-20(7-5-19)31-35-26-11-9-23(33)17-27(26)36-31/h4-13,16-17H,3,14-15,18H2,1-2H3,(H,35,36). The van der Waals surface area contributed by atoms with Gasteiger partial charge in [-0.25, -0.2) is 17.8 Å². The normalized spacial score (nSPS) is 13.5. The van der Waals surface area contributed by atoms with E-state index in [2.05, 4.69) is 20.9 Å². The summed E-state index contributed by atoms with van der Waals surface area (Å²) in [6, 6.07) is 22.5. The van der Waals surface area contributed by atoms with Crippen molar-refractivity contribution in [3.8, 4) is 28.3 Å². The third-order valence-electron chi connectivity index (χ3n) is 7.45. The highest BCUT2D eigenvalue weighted by Crippen LogP contribution is 2.32. The molecule has 7 nitrogen and oxygen atoms in total. The molecule has 0 unspecified atom stereocenters. The third kappa shape index (κ3) is 5.32. The van der Waals surface area contributed by atoms with Gasteiger partial charge >= 0.3 is 0 Å². The highest BCUT2D eigenvalue weighted by atomic mass is 79.9. The predicted molar refractivity (Wildman–Crippen MR) is 164 cm³/mol. The summed E-state index contributed by atoms with van der Waals surface area (Å²) in [7, 11) is -3.76. The summed E-state index contributed by atoms with van der Waals surface area (Å²) in [5.41, 5.74) is 5.85. The molecular weight excluding hydrogens is 621 g/mol. The van der Waals surface area contributed by atoms with Crippen LogP contribution in [0.25, 0.3) is 33.5 Å². The lowest BCUT2D eigenvalue weighted by molar-refractivity contribution is 0.0731. The van der Waals surface area contributed by atoms with Gasteiger partial charge in [0.1, 0.15) is 28.9 Å². The first-order valence-corrected chi connectivity index (χ1v) is 16.1. The van der Waals surface area contributed by atoms with Gasteiger partial charge in [-0.2, -0.15) is 0 Å². The number of hydrogen-bond acceptors (Lipinski definition) is 5. The van der Waals surface area contributed by atoms with Crippen LogP contribution in [0.5, 0.6) is 5.75 Å². The van der Waals surface area contributed by atoms with Crippen molar-refractivity contribution in [1.29, 1.82) is 0 Å². The van der Waals surface area contributed by atoms with Gasteiger partial charge in [0.15, 0.2) is 9.84 Å². The van der Waals surface area contributed by atoms with Gasteiger partial charge in [-0.3, -0.25) is 4.79 Å². The van der Waals surface area contributed by atoms with E-state index in [0.717, 1.165) is 49.8 Å². The molecule has 214 valence electrons. The van der Waals surface area contributed by atoms with E-state index in [1.54, 1.807) is 11.8 Å². The molecule has 5 aromatic rings. The molecule has 42 heavy (non-hydrogen) atoms. The number of ether oxygens (including phenoxy) is 1. The maximum Gasteiger partial charge on any atom is 0.254 e. The number of aromatic amines is 1. The molecular formula is C32H27BrFN3O4S. The monoisotopic (exact) mass is 647 g/mol. The van der Waals surface area contributed by atoms with Crippen molar-refractivity contribution in [2.75, 3.05) is 19.4 Å². The number of nitrogens with one attached hydrogen (secondary N) is 1. The number of halogens is 2. The van der Waals surface area contributed by atoms with Crippen LogP contribution in [0.4, 0.5) is 4.39 Å². The summed E-state index contributed by atoms with van der Waals surface area (Å²) >= 11 is 3.49. The van der Waals surface area contributed by atoms with E-state index in [0.29, 0.717) is 12.3 Å². The zero-order chi connectivity index (χ0) is 29.6. The number of sulfone groups is 1. The molecule has 0 bridgehead atoms. The summed E-state index contributed by atoms with van der Waals surface area (Å²) in [5, 5.41) is 0. The Hall–Kier alpha value is -4.02. The number of carbonyl (C=O) groups is 1. The molecule has 0 atom stereocenters. The Morgan fingerprint density at radius 3 is 2.50 bits per heavy atom. The Morgan fingerprint density at radius 1 is 1.02 bits per heavy atom. The summed E-state index contributed by atoms with van der Waals surface area (Å²) in [6.07, 6.45) is 1.14. The van der Waals surface area contributed by atoms with Crippen LogP contribution < -0.4 is 4.74 Å². The number of aromatic nitrogens is 2. The number of nitrogens with zero attached hydrogens (tertiary/aromatic N) is 2. The lowest BCUT2D eigenvalue weighted by atomic mass is 10.00. The molecule has 0 fully saturated rings. The number of rotatable bonds is 5. The minimum Gasteiger partial charge on any atom is -0.491 e. The van der Waals surface area contributed by atoms with Crippen molar-refractivity contribution < 1.29 is 22.3 Å². The van der Waals surface area contributed by atoms with Crippen LogP contribution in [0, 0.1) is 5.82 Å². The fraction of sp³-hybridized carbons (Fsp3) is 0.188. The maximum absolute atomic E-state index is 15.1. The van der Waals surface area contributed by atoms with Gasteiger partial charge in [-0.05, 0) is 60.0 Å². The SMILES string of the molecule is CCc1c(C(=O)N2CCOc3ccc(-c4ccc(-c5nc6ccc(Br)cc6[nH]5)cc4)cc3C2)ccc(S(C)(=O)=O)c1F. The van der Waals surface area contributed by atoms with Crippen molar-refractivity contribution in [1.82, 2.24) is 14.9 Å². The van der Waals surface area contributed by atoms with Crippen molar-refractivity contribution in [3.05, 3.63) is 99.8 Å². The largest absolute Gasteiger partial charge is 0.491 e. The molecule has 6 rings (SSSR count). The number of amides is 1. The lowest BCUT2D eigenvalue weighted by Gasteiger charge is -2.22. The Labute approximate surface area is 251 Å². The number of fused-ring (bicyclic) bond motifs is 2. The van der Waals surface area contributed by atoms with Crippen molar-refractivity contribution in [2.24, 2.45) is 0 Å². The number of hydrogen-bond donors (Lipinski definition) is 1. The lowest BCUT2D eigenvalue weighted by Crippen LogP contribution is -2.33. The summed E-state index contributed by atoms with van der Waals surface area (Å²) in [6.45, 7) is 2.57. The molecule has 1 amide bonds. The second-order valence-electron chi connectivity index (χ2n) is 10.3. The van der Waals surface area contributed by atoms with E-state index in [-0.39, 0.29) is 36.6 Å². The van der Waals surface area contributed by atoms with Crippen LogP contribution in [0.2, 0.25) is 0 Å². The molecule has 1 aromatic heterocycles. The van der Waals surface area contributed by atoms with Crippen LogP contribution >= 0.6 is 15.9 Å². The Balaban J connectivity index is 1.27. The molecule has 4 aromatic carbocycles. The molecule has 1 N–H and O–H groups in total. The van der Waals surface area contributed by atoms with Gasteiger partial charge in [0.2, 0.25) is 0 Å². The quantitative estimate of drug-likeness (QED) is 0.227. The van der Waals surface area contributed by atoms with Gasteiger partial charge in [0, 0.05) is 39.5 Å². The van der Waals surface area contributed by atoms with E-state index >= 15 is 4.39 Å². The Kier molecular flexibility index (Phi) is 7.36. The van der Waals surface area contributed by atoms with Crippen LogP contribution in [-0.4, -0.2) is 48.6 Å². The van der Waals surface area contributed by atoms with E-state index in [4.69, 9.17) is 9.72 Å². The number of carbonyl (C=O) groups excluding carboxylic acids is 1. The molecule has 0 spiro atoms. The second-order valence-corrected chi connectivity index (χ2v) is 13.2. The van der Waals surface area contributed by atoms with Crippen molar-refractivity contribution >= 4 is 42.7 Å². The topological polar surface area (TPSA) is 92.4 Å². The highest BCUT2D eigenvalue weighted by molar-refractivity contribution is 9.10. The first kappa shape index (κ1) is 28.1. The first-order valence-electron chi connectivity index (χ1n) is 13.4. The minimum atomic E-state index is -3.76. The van der Waals surface area contributed by atoms with E-state index < -0.39 is 20.5 Å². The van der Waals surface area contributed by atoms with Gasteiger partial charge in [0.25, 0.3) is 5.91 Å². The molecule has 0 radical (unpaired) electrons. The fourth-order valence-corrected chi connectivity index (χ4v) is 6.41. The molecule has 1 aliphatic rings. The van der Waals surface area contributed by atoms with Crippen LogP contribution in [0.3, 0.4) is 0 Å². The molecule has 0 aliphatic carbocycles. The Morgan fingerprint density at radius 2 is 1.76 bits per heavy atom. The smallest absolute Gasteiger partial charge is 0.254 e. The van der Waals surface area contributed by atoms with Crippen molar-refractivity contribution in [2.45, 2.75) is 24.8 Å². The van der Waals surface area contributed by atoms with Gasteiger partial charge in [-0.1, -0.05) is 53.2 Å². The zero-order valence-corrected chi connectivity index (χ0v) is 25.4. The molecule has 0 saturated carbocycles. The average Bonchev–Trinajstić information content (AvgIpc) is 3.27. The molecule has 0 saturated heterocycles. The zero-order valence-electron chi connectivity index (χ0n) is 22.9. The van der Waals surface area contributed by atoms with Crippen LogP contribution in [0.1, 0.15) is 28.4 Å². The van der Waals surface area contributed by atoms with Gasteiger partial charge < -0.3 is 14.6 Å². The second kappa shape index (κ2) is 11.0. The van der Waals surface area contributed by atoms with E-state index in [1.807, 2.05) is 60.7 Å². The Bertz CT molecular complexity index is 1960. The van der Waals surface area contributed by atoms with Crippen LogP contribution in [-0.2, 0) is 22.8 Å². The molecule has 1 aliphatic heterocycles. The molecule has 10 heteroatoms. The summed E-state index contributed by atoms with van der Waals surface area (Å²) < 4.78 is 46.1. The van der Waals surface area contributed by atoms with Gasteiger partial charge in [0.05, 0.1) is 17.6 Å². The summed E-state index contributed by atoms with van der Waals surface area (Å²) in [5.74, 6) is 0.244. The third-order valence-corrected chi connectivity index (χ3v) is 9.06. The molecule has 2 heterocycles. The average molecular weight is 649 g/mol.